The van der Waals surface area contributed by atoms with Crippen LogP contribution in [0.3, 0.4) is 0 Å². The standard InChI is InChI=1S/C10H18N4O/c1-8-7-9(15-3)13-10(12-8)14(2)6-4-5-11/h7H,4-6,11H2,1-3H3. The highest BCUT2D eigenvalue weighted by molar-refractivity contribution is 5.33. The van der Waals surface area contributed by atoms with Crippen molar-refractivity contribution in [1.29, 1.82) is 0 Å². The van der Waals surface area contributed by atoms with Crippen molar-refractivity contribution in [2.24, 2.45) is 5.73 Å². The van der Waals surface area contributed by atoms with E-state index in [1.54, 1.807) is 13.2 Å². The molecule has 84 valence electrons. The summed E-state index contributed by atoms with van der Waals surface area (Å²) in [7, 11) is 3.55. The Hall–Kier alpha value is -1.36. The zero-order valence-corrected chi connectivity index (χ0v) is 9.53. The average molecular weight is 210 g/mol. The quantitative estimate of drug-likeness (QED) is 0.770. The highest BCUT2D eigenvalue weighted by atomic mass is 16.5. The fraction of sp³-hybridized carbons (Fsp3) is 0.600. The molecule has 1 aromatic heterocycles. The highest BCUT2D eigenvalue weighted by Crippen LogP contribution is 2.13. The smallest absolute Gasteiger partial charge is 0.228 e. The summed E-state index contributed by atoms with van der Waals surface area (Å²) < 4.78 is 5.09. The number of aromatic nitrogens is 2. The van der Waals surface area contributed by atoms with E-state index in [1.807, 2.05) is 18.9 Å². The monoisotopic (exact) mass is 210 g/mol. The number of aryl methyl sites for hydroxylation is 1. The lowest BCUT2D eigenvalue weighted by atomic mass is 10.4. The second-order valence-corrected chi connectivity index (χ2v) is 3.42. The average Bonchev–Trinajstić information content (AvgIpc) is 2.24. The van der Waals surface area contributed by atoms with E-state index in [4.69, 9.17) is 10.5 Å². The van der Waals surface area contributed by atoms with Crippen LogP contribution in [0.4, 0.5) is 5.95 Å². The minimum Gasteiger partial charge on any atom is -0.481 e. The molecule has 0 spiro atoms. The summed E-state index contributed by atoms with van der Waals surface area (Å²) in [6.45, 7) is 3.45. The number of methoxy groups -OCH3 is 1. The molecule has 0 aromatic carbocycles. The van der Waals surface area contributed by atoms with Gasteiger partial charge in [0.1, 0.15) is 0 Å². The first-order valence-corrected chi connectivity index (χ1v) is 4.98. The molecule has 0 atom stereocenters. The lowest BCUT2D eigenvalue weighted by Gasteiger charge is -2.17. The summed E-state index contributed by atoms with van der Waals surface area (Å²) in [5, 5.41) is 0. The summed E-state index contributed by atoms with van der Waals surface area (Å²) in [6.07, 6.45) is 0.927. The molecule has 1 aromatic rings. The van der Waals surface area contributed by atoms with E-state index in [1.165, 1.54) is 0 Å². The van der Waals surface area contributed by atoms with Crippen LogP contribution in [0, 0.1) is 6.92 Å². The van der Waals surface area contributed by atoms with Crippen molar-refractivity contribution in [2.75, 3.05) is 32.1 Å². The Morgan fingerprint density at radius 3 is 2.80 bits per heavy atom. The summed E-state index contributed by atoms with van der Waals surface area (Å²) in [4.78, 5) is 10.6. The summed E-state index contributed by atoms with van der Waals surface area (Å²) in [5.41, 5.74) is 6.35. The van der Waals surface area contributed by atoms with Gasteiger partial charge < -0.3 is 15.4 Å². The number of hydrogen-bond donors (Lipinski definition) is 1. The Kier molecular flexibility index (Phi) is 4.30. The maximum absolute atomic E-state index is 5.45. The van der Waals surface area contributed by atoms with Gasteiger partial charge in [0.05, 0.1) is 7.11 Å². The van der Waals surface area contributed by atoms with Crippen LogP contribution in [-0.2, 0) is 0 Å². The molecule has 0 aliphatic carbocycles. The van der Waals surface area contributed by atoms with Gasteiger partial charge in [-0.1, -0.05) is 0 Å². The molecular weight excluding hydrogens is 192 g/mol. The van der Waals surface area contributed by atoms with Gasteiger partial charge in [-0.3, -0.25) is 0 Å². The van der Waals surface area contributed by atoms with E-state index < -0.39 is 0 Å². The SMILES string of the molecule is COc1cc(C)nc(N(C)CCCN)n1. The van der Waals surface area contributed by atoms with Gasteiger partial charge in [-0.2, -0.15) is 4.98 Å². The molecule has 1 rings (SSSR count). The molecule has 0 unspecified atom stereocenters. The molecule has 2 N–H and O–H groups in total. The Balaban J connectivity index is 2.78. The van der Waals surface area contributed by atoms with Crippen LogP contribution in [0.5, 0.6) is 5.88 Å². The first-order valence-electron chi connectivity index (χ1n) is 4.98. The Morgan fingerprint density at radius 2 is 2.20 bits per heavy atom. The largest absolute Gasteiger partial charge is 0.481 e. The van der Waals surface area contributed by atoms with Crippen molar-refractivity contribution < 1.29 is 4.74 Å². The van der Waals surface area contributed by atoms with Crippen LogP contribution < -0.4 is 15.4 Å². The number of rotatable bonds is 5. The van der Waals surface area contributed by atoms with Gasteiger partial charge in [0, 0.05) is 25.4 Å². The molecule has 0 aliphatic heterocycles. The lowest BCUT2D eigenvalue weighted by Crippen LogP contribution is -2.23. The Bertz CT molecular complexity index is 316. The molecule has 0 amide bonds. The zero-order valence-electron chi connectivity index (χ0n) is 9.53. The van der Waals surface area contributed by atoms with Gasteiger partial charge >= 0.3 is 0 Å². The Labute approximate surface area is 90.3 Å². The fourth-order valence-electron chi connectivity index (χ4n) is 1.23. The molecule has 5 nitrogen and oxygen atoms in total. The zero-order chi connectivity index (χ0) is 11.3. The van der Waals surface area contributed by atoms with Crippen LogP contribution >= 0.6 is 0 Å². The number of ether oxygens (including phenoxy) is 1. The number of anilines is 1. The number of nitrogens with zero attached hydrogens (tertiary/aromatic N) is 3. The van der Waals surface area contributed by atoms with E-state index in [9.17, 15) is 0 Å². The minimum absolute atomic E-state index is 0.595. The van der Waals surface area contributed by atoms with Crippen LogP contribution in [-0.4, -0.2) is 37.2 Å². The summed E-state index contributed by atoms with van der Waals surface area (Å²) in [5.74, 6) is 1.28. The van der Waals surface area contributed by atoms with E-state index >= 15 is 0 Å². The molecule has 15 heavy (non-hydrogen) atoms. The van der Waals surface area contributed by atoms with Crippen molar-refractivity contribution in [3.8, 4) is 5.88 Å². The van der Waals surface area contributed by atoms with Crippen molar-refractivity contribution in [1.82, 2.24) is 9.97 Å². The van der Waals surface area contributed by atoms with E-state index in [2.05, 4.69) is 9.97 Å². The third-order valence-electron chi connectivity index (χ3n) is 2.07. The van der Waals surface area contributed by atoms with Crippen molar-refractivity contribution in [2.45, 2.75) is 13.3 Å². The second kappa shape index (κ2) is 5.50. The maximum Gasteiger partial charge on any atom is 0.228 e. The molecule has 5 heteroatoms. The minimum atomic E-state index is 0.595. The van der Waals surface area contributed by atoms with E-state index in [-0.39, 0.29) is 0 Å². The molecular formula is C10H18N4O. The van der Waals surface area contributed by atoms with Gasteiger partial charge in [-0.25, -0.2) is 4.98 Å². The van der Waals surface area contributed by atoms with Crippen molar-refractivity contribution >= 4 is 5.95 Å². The maximum atomic E-state index is 5.45. The van der Waals surface area contributed by atoms with Gasteiger partial charge in [0.15, 0.2) is 0 Å². The van der Waals surface area contributed by atoms with Gasteiger partial charge in [0.25, 0.3) is 0 Å². The number of hydrogen-bond acceptors (Lipinski definition) is 5. The van der Waals surface area contributed by atoms with Crippen molar-refractivity contribution in [3.05, 3.63) is 11.8 Å². The third kappa shape index (κ3) is 3.36. The van der Waals surface area contributed by atoms with Gasteiger partial charge in [0.2, 0.25) is 11.8 Å². The molecule has 0 radical (unpaired) electrons. The molecule has 0 aliphatic rings. The van der Waals surface area contributed by atoms with Crippen molar-refractivity contribution in [3.63, 3.8) is 0 Å². The third-order valence-corrected chi connectivity index (χ3v) is 2.07. The lowest BCUT2D eigenvalue weighted by molar-refractivity contribution is 0.396. The summed E-state index contributed by atoms with van der Waals surface area (Å²) >= 11 is 0. The molecule has 0 saturated heterocycles. The normalized spacial score (nSPS) is 10.1. The topological polar surface area (TPSA) is 64.3 Å². The molecule has 0 saturated carbocycles. The van der Waals surface area contributed by atoms with Gasteiger partial charge in [-0.05, 0) is 19.9 Å². The van der Waals surface area contributed by atoms with Crippen LogP contribution in [0.25, 0.3) is 0 Å². The first kappa shape index (κ1) is 11.7. The van der Waals surface area contributed by atoms with E-state index in [0.717, 1.165) is 18.7 Å². The van der Waals surface area contributed by atoms with Crippen LogP contribution in [0.1, 0.15) is 12.1 Å². The number of nitrogens with two attached hydrogens (primary N) is 1. The second-order valence-electron chi connectivity index (χ2n) is 3.42. The van der Waals surface area contributed by atoms with Gasteiger partial charge in [-0.15, -0.1) is 0 Å². The molecule has 0 bridgehead atoms. The first-order chi connectivity index (χ1) is 7.17. The predicted molar refractivity (Wildman–Crippen MR) is 60.3 cm³/mol. The van der Waals surface area contributed by atoms with Crippen LogP contribution in [0.2, 0.25) is 0 Å². The Morgan fingerprint density at radius 1 is 1.47 bits per heavy atom. The predicted octanol–water partition coefficient (Wildman–Crippen LogP) is 0.579. The fourth-order valence-corrected chi connectivity index (χ4v) is 1.23. The van der Waals surface area contributed by atoms with E-state index in [0.29, 0.717) is 18.4 Å². The summed E-state index contributed by atoms with van der Waals surface area (Å²) in [6, 6.07) is 1.81. The molecule has 0 fully saturated rings. The highest BCUT2D eigenvalue weighted by Gasteiger charge is 2.06. The molecule has 1 heterocycles. The van der Waals surface area contributed by atoms with Crippen LogP contribution in [0.15, 0.2) is 6.07 Å².